The van der Waals surface area contributed by atoms with E-state index >= 15 is 0 Å². The Labute approximate surface area is 309 Å². The van der Waals surface area contributed by atoms with E-state index in [1.807, 2.05) is 0 Å². The summed E-state index contributed by atoms with van der Waals surface area (Å²) in [5.41, 5.74) is 17.6. The van der Waals surface area contributed by atoms with Crippen molar-refractivity contribution in [1.82, 2.24) is 0 Å². The van der Waals surface area contributed by atoms with Crippen LogP contribution < -0.4 is 26.2 Å². The van der Waals surface area contributed by atoms with Crippen molar-refractivity contribution < 1.29 is 0 Å². The zero-order valence-corrected chi connectivity index (χ0v) is 33.8. The standard InChI is InChI=1S/C48H59BN2/c1-30-23-42-44-43(24-30)51(41-29-34(47(9,10)11)28-36(31(41)2)48(12,13)14)40-22-18-16-20-38(40)49(44)37-19-15-17-21-39(37)50(42)35-26-32(45(3,4)5)25-33(27-35)46(6,7)8/h15-29,31,36H,1-14H3. The third kappa shape index (κ3) is 5.99. The predicted molar refractivity (Wildman–Crippen MR) is 224 cm³/mol. The monoisotopic (exact) mass is 674 g/mol. The first-order valence-corrected chi connectivity index (χ1v) is 19.2. The van der Waals surface area contributed by atoms with Gasteiger partial charge in [-0.1, -0.05) is 139 Å². The van der Waals surface area contributed by atoms with Crippen molar-refractivity contribution in [3.63, 3.8) is 0 Å². The van der Waals surface area contributed by atoms with Gasteiger partial charge in [-0.2, -0.15) is 0 Å². The molecule has 2 atom stereocenters. The molecule has 3 aliphatic rings. The number of nitrogens with zero attached hydrogens (tertiary/aromatic N) is 2. The molecule has 4 aromatic rings. The average molecular weight is 675 g/mol. The molecule has 0 bridgehead atoms. The van der Waals surface area contributed by atoms with Crippen LogP contribution in [0.1, 0.15) is 107 Å². The molecule has 0 amide bonds. The molecule has 0 saturated carbocycles. The molecule has 2 aliphatic heterocycles. The van der Waals surface area contributed by atoms with E-state index in [1.54, 1.807) is 0 Å². The predicted octanol–water partition coefficient (Wildman–Crippen LogP) is 11.5. The molecule has 2 heterocycles. The largest absolute Gasteiger partial charge is 0.315 e. The van der Waals surface area contributed by atoms with E-state index < -0.39 is 0 Å². The summed E-state index contributed by atoms with van der Waals surface area (Å²) in [6, 6.07) is 30.7. The summed E-state index contributed by atoms with van der Waals surface area (Å²) in [6.07, 6.45) is 5.13. The zero-order valence-electron chi connectivity index (χ0n) is 33.8. The van der Waals surface area contributed by atoms with Gasteiger partial charge in [-0.15, -0.1) is 0 Å². The van der Waals surface area contributed by atoms with Crippen molar-refractivity contribution >= 4 is 51.5 Å². The van der Waals surface area contributed by atoms with Gasteiger partial charge >= 0.3 is 0 Å². The topological polar surface area (TPSA) is 6.48 Å². The van der Waals surface area contributed by atoms with Gasteiger partial charge in [0.25, 0.3) is 6.71 Å². The third-order valence-electron chi connectivity index (χ3n) is 11.7. The lowest BCUT2D eigenvalue weighted by Crippen LogP contribution is -2.62. The minimum Gasteiger partial charge on any atom is -0.315 e. The van der Waals surface area contributed by atoms with Gasteiger partial charge in [-0.25, -0.2) is 0 Å². The van der Waals surface area contributed by atoms with Crippen LogP contribution >= 0.6 is 0 Å². The Morgan fingerprint density at radius 1 is 0.569 bits per heavy atom. The molecule has 0 radical (unpaired) electrons. The molecule has 7 rings (SSSR count). The Hall–Kier alpha value is -3.98. The fourth-order valence-corrected chi connectivity index (χ4v) is 8.79. The fourth-order valence-electron chi connectivity index (χ4n) is 8.79. The van der Waals surface area contributed by atoms with E-state index in [-0.39, 0.29) is 28.4 Å². The molecular formula is C48H59BN2. The first-order valence-electron chi connectivity index (χ1n) is 19.2. The van der Waals surface area contributed by atoms with Crippen LogP contribution in [-0.2, 0) is 10.8 Å². The lowest BCUT2D eigenvalue weighted by atomic mass is 9.33. The van der Waals surface area contributed by atoms with E-state index in [4.69, 9.17) is 0 Å². The number of anilines is 5. The maximum absolute atomic E-state index is 2.66. The Bertz CT molecular complexity index is 2050. The van der Waals surface area contributed by atoms with E-state index in [2.05, 4.69) is 198 Å². The third-order valence-corrected chi connectivity index (χ3v) is 11.7. The number of para-hydroxylation sites is 2. The van der Waals surface area contributed by atoms with Crippen LogP contribution in [0.25, 0.3) is 0 Å². The van der Waals surface area contributed by atoms with Gasteiger partial charge in [0.1, 0.15) is 0 Å². The van der Waals surface area contributed by atoms with E-state index in [0.29, 0.717) is 11.8 Å². The Morgan fingerprint density at radius 2 is 1.06 bits per heavy atom. The van der Waals surface area contributed by atoms with Gasteiger partial charge in [-0.05, 0) is 116 Å². The highest BCUT2D eigenvalue weighted by Gasteiger charge is 2.46. The minimum absolute atomic E-state index is 0.0150. The zero-order chi connectivity index (χ0) is 37.0. The summed E-state index contributed by atoms with van der Waals surface area (Å²) in [5.74, 6) is 0.743. The molecule has 2 unspecified atom stereocenters. The molecule has 0 saturated heterocycles. The lowest BCUT2D eigenvalue weighted by molar-refractivity contribution is 0.231. The summed E-state index contributed by atoms with van der Waals surface area (Å²) in [7, 11) is 0. The number of allylic oxidation sites excluding steroid dienone is 4. The molecule has 0 N–H and O–H groups in total. The van der Waals surface area contributed by atoms with Gasteiger partial charge in [-0.3, -0.25) is 0 Å². The molecule has 264 valence electrons. The van der Waals surface area contributed by atoms with Crippen LogP contribution in [0.2, 0.25) is 0 Å². The van der Waals surface area contributed by atoms with Crippen molar-refractivity contribution in [2.75, 3.05) is 9.80 Å². The van der Waals surface area contributed by atoms with Gasteiger partial charge in [0.05, 0.1) is 0 Å². The van der Waals surface area contributed by atoms with Crippen LogP contribution in [0.15, 0.2) is 102 Å². The maximum Gasteiger partial charge on any atom is 0.252 e. The van der Waals surface area contributed by atoms with Gasteiger partial charge in [0.15, 0.2) is 0 Å². The molecule has 4 aromatic carbocycles. The second-order valence-corrected chi connectivity index (χ2v) is 19.8. The van der Waals surface area contributed by atoms with Crippen molar-refractivity contribution in [2.45, 2.75) is 108 Å². The number of hydrogen-bond donors (Lipinski definition) is 0. The van der Waals surface area contributed by atoms with Crippen LogP contribution in [0.3, 0.4) is 0 Å². The molecule has 51 heavy (non-hydrogen) atoms. The van der Waals surface area contributed by atoms with Crippen LogP contribution in [0.5, 0.6) is 0 Å². The summed E-state index contributed by atoms with van der Waals surface area (Å²) >= 11 is 0. The molecular weight excluding hydrogens is 615 g/mol. The summed E-state index contributed by atoms with van der Waals surface area (Å²) < 4.78 is 0. The fraction of sp³-hybridized carbons (Fsp3) is 0.417. The second kappa shape index (κ2) is 11.8. The smallest absolute Gasteiger partial charge is 0.252 e. The van der Waals surface area contributed by atoms with Gasteiger partial charge < -0.3 is 9.80 Å². The number of rotatable bonds is 2. The van der Waals surface area contributed by atoms with Crippen LogP contribution in [-0.4, -0.2) is 6.71 Å². The SMILES string of the molecule is Cc1cc2c3c(c1)N(c1cc(C(C)(C)C)cc(C(C)(C)C)c1)c1ccccc1B3c1ccccc1N2C1=CC(C(C)(C)C)=CC(C(C)(C)C)C1C. The lowest BCUT2D eigenvalue weighted by Gasteiger charge is -2.48. The highest BCUT2D eigenvalue weighted by molar-refractivity contribution is 7.00. The normalized spacial score (nSPS) is 18.9. The van der Waals surface area contributed by atoms with Crippen LogP contribution in [0, 0.1) is 29.6 Å². The van der Waals surface area contributed by atoms with Crippen molar-refractivity contribution in [3.05, 3.63) is 119 Å². The van der Waals surface area contributed by atoms with Crippen molar-refractivity contribution in [2.24, 2.45) is 22.7 Å². The van der Waals surface area contributed by atoms with E-state index in [1.165, 1.54) is 72.8 Å². The molecule has 0 aromatic heterocycles. The van der Waals surface area contributed by atoms with E-state index in [9.17, 15) is 0 Å². The molecule has 2 nitrogen and oxygen atoms in total. The highest BCUT2D eigenvalue weighted by Crippen LogP contribution is 2.50. The molecule has 0 fully saturated rings. The van der Waals surface area contributed by atoms with E-state index in [0.717, 1.165) is 0 Å². The van der Waals surface area contributed by atoms with Crippen LogP contribution in [0.4, 0.5) is 28.4 Å². The number of aryl methyl sites for hydroxylation is 1. The summed E-state index contributed by atoms with van der Waals surface area (Å²) in [6.45, 7) is 33.2. The Morgan fingerprint density at radius 3 is 1.55 bits per heavy atom. The van der Waals surface area contributed by atoms with Gasteiger partial charge in [0.2, 0.25) is 0 Å². The maximum atomic E-state index is 2.66. The van der Waals surface area contributed by atoms with Gasteiger partial charge in [0, 0.05) is 40.1 Å². The summed E-state index contributed by atoms with van der Waals surface area (Å²) in [4.78, 5) is 5.25. The Balaban J connectivity index is 1.56. The average Bonchev–Trinajstić information content (AvgIpc) is 3.02. The van der Waals surface area contributed by atoms with Crippen molar-refractivity contribution in [3.8, 4) is 0 Å². The quantitative estimate of drug-likeness (QED) is 0.172. The highest BCUT2D eigenvalue weighted by atomic mass is 15.2. The number of hydrogen-bond acceptors (Lipinski definition) is 2. The molecule has 1 aliphatic carbocycles. The first kappa shape index (κ1) is 35.4. The second-order valence-electron chi connectivity index (χ2n) is 19.8. The Kier molecular flexibility index (Phi) is 8.18. The summed E-state index contributed by atoms with van der Waals surface area (Å²) in [5, 5.41) is 0. The minimum atomic E-state index is 0.0150. The molecule has 3 heteroatoms. The number of fused-ring (bicyclic) bond motifs is 4. The molecule has 0 spiro atoms. The number of benzene rings is 4. The first-order chi connectivity index (χ1) is 23.7. The van der Waals surface area contributed by atoms with Crippen molar-refractivity contribution in [1.29, 1.82) is 0 Å².